The molecule has 1 heterocycles. The summed E-state index contributed by atoms with van der Waals surface area (Å²) in [6.45, 7) is 5.41. The minimum atomic E-state index is 0. The van der Waals surface area contributed by atoms with Gasteiger partial charge >= 0.3 is 0 Å². The average Bonchev–Trinajstić information content (AvgIpc) is 3.11. The third-order valence-corrected chi connectivity index (χ3v) is 5.23. The van der Waals surface area contributed by atoms with Crippen molar-refractivity contribution in [3.05, 3.63) is 23.9 Å². The van der Waals surface area contributed by atoms with Crippen LogP contribution in [-0.4, -0.2) is 51.8 Å². The van der Waals surface area contributed by atoms with E-state index in [4.69, 9.17) is 4.74 Å². The Bertz CT molecular complexity index is 573. The van der Waals surface area contributed by atoms with Crippen LogP contribution < -0.4 is 15.5 Å². The Morgan fingerprint density at radius 2 is 2.04 bits per heavy atom. The Kier molecular flexibility index (Phi) is 11.0. The van der Waals surface area contributed by atoms with E-state index in [1.54, 1.807) is 0 Å². The summed E-state index contributed by atoms with van der Waals surface area (Å²) in [6.07, 6.45) is 8.18. The van der Waals surface area contributed by atoms with Gasteiger partial charge < -0.3 is 20.3 Å². The van der Waals surface area contributed by atoms with Crippen molar-refractivity contribution in [1.29, 1.82) is 0 Å². The maximum absolute atomic E-state index is 5.61. The summed E-state index contributed by atoms with van der Waals surface area (Å²) in [5.41, 5.74) is 1.54. The molecule has 7 heteroatoms. The van der Waals surface area contributed by atoms with Gasteiger partial charge in [-0.25, -0.2) is 4.98 Å². The first-order chi connectivity index (χ1) is 12.6. The van der Waals surface area contributed by atoms with Crippen LogP contribution in [0.5, 0.6) is 0 Å². The number of hydrogen-bond acceptors (Lipinski definition) is 4. The third-order valence-electron chi connectivity index (χ3n) is 5.23. The second-order valence-corrected chi connectivity index (χ2v) is 7.35. The van der Waals surface area contributed by atoms with E-state index < -0.39 is 0 Å². The third kappa shape index (κ3) is 7.81. The highest BCUT2D eigenvalue weighted by Gasteiger charge is 2.33. The molecule has 0 spiro atoms. The summed E-state index contributed by atoms with van der Waals surface area (Å²) >= 11 is 0. The van der Waals surface area contributed by atoms with Crippen LogP contribution in [0.3, 0.4) is 0 Å². The van der Waals surface area contributed by atoms with E-state index >= 15 is 0 Å². The van der Waals surface area contributed by atoms with Gasteiger partial charge in [-0.05, 0) is 49.3 Å². The van der Waals surface area contributed by atoms with Crippen LogP contribution in [0.15, 0.2) is 23.3 Å². The topological polar surface area (TPSA) is 61.8 Å². The number of aliphatic imine (C=N–C) groups is 1. The lowest BCUT2D eigenvalue weighted by Gasteiger charge is -2.30. The number of anilines is 1. The quantitative estimate of drug-likeness (QED) is 0.241. The van der Waals surface area contributed by atoms with Crippen molar-refractivity contribution in [2.75, 3.05) is 45.8 Å². The molecule has 0 aliphatic heterocycles. The molecular weight excluding hydrogens is 453 g/mol. The zero-order valence-corrected chi connectivity index (χ0v) is 19.6. The Labute approximate surface area is 181 Å². The molecule has 2 N–H and O–H groups in total. The number of nitrogens with one attached hydrogen (secondary N) is 2. The van der Waals surface area contributed by atoms with Crippen LogP contribution in [0.25, 0.3) is 0 Å². The van der Waals surface area contributed by atoms with Crippen molar-refractivity contribution in [2.45, 2.75) is 45.6 Å². The Morgan fingerprint density at radius 3 is 2.67 bits per heavy atom. The van der Waals surface area contributed by atoms with Crippen molar-refractivity contribution in [1.82, 2.24) is 15.6 Å². The van der Waals surface area contributed by atoms with E-state index in [2.05, 4.69) is 33.6 Å². The zero-order valence-electron chi connectivity index (χ0n) is 17.3. The molecule has 0 aromatic carbocycles. The highest BCUT2D eigenvalue weighted by Crippen LogP contribution is 2.40. The number of guanidine groups is 1. The SMILES string of the molecule is CCOCCC1(CNC(=NC)NCc2ccnc(N(C)C)c2)CCCC1.I. The van der Waals surface area contributed by atoms with Gasteiger partial charge in [-0.1, -0.05) is 12.8 Å². The predicted octanol–water partition coefficient (Wildman–Crippen LogP) is 3.42. The maximum Gasteiger partial charge on any atom is 0.191 e. The number of hydrogen-bond donors (Lipinski definition) is 2. The van der Waals surface area contributed by atoms with Gasteiger partial charge in [-0.15, -0.1) is 24.0 Å². The van der Waals surface area contributed by atoms with Gasteiger partial charge in [-0.2, -0.15) is 0 Å². The number of halogens is 1. The number of nitrogens with zero attached hydrogens (tertiary/aromatic N) is 3. The average molecular weight is 489 g/mol. The monoisotopic (exact) mass is 489 g/mol. The zero-order chi connectivity index (χ0) is 18.8. The highest BCUT2D eigenvalue weighted by atomic mass is 127. The molecule has 6 nitrogen and oxygen atoms in total. The lowest BCUT2D eigenvalue weighted by molar-refractivity contribution is 0.105. The van der Waals surface area contributed by atoms with E-state index in [1.165, 1.54) is 31.2 Å². The van der Waals surface area contributed by atoms with E-state index in [9.17, 15) is 0 Å². The molecule has 0 unspecified atom stereocenters. The fourth-order valence-electron chi connectivity index (χ4n) is 3.57. The van der Waals surface area contributed by atoms with Crippen LogP contribution in [0.4, 0.5) is 5.82 Å². The number of rotatable bonds is 9. The molecule has 0 amide bonds. The summed E-state index contributed by atoms with van der Waals surface area (Å²) in [5, 5.41) is 6.97. The molecular formula is C20H36IN5O. The first-order valence-corrected chi connectivity index (χ1v) is 9.73. The number of aromatic nitrogens is 1. The predicted molar refractivity (Wildman–Crippen MR) is 124 cm³/mol. The second kappa shape index (κ2) is 12.4. The van der Waals surface area contributed by atoms with Crippen molar-refractivity contribution in [3.63, 3.8) is 0 Å². The summed E-state index contributed by atoms with van der Waals surface area (Å²) in [4.78, 5) is 10.8. The standard InChI is InChI=1S/C20H35N5O.HI/c1-5-26-13-11-20(9-6-7-10-20)16-24-19(21-2)23-15-17-8-12-22-18(14-17)25(3)4;/h8,12,14H,5-7,9-11,13,15-16H2,1-4H3,(H2,21,23,24);1H. The molecule has 1 aliphatic rings. The van der Waals surface area contributed by atoms with Gasteiger partial charge in [0.15, 0.2) is 5.96 Å². The first-order valence-electron chi connectivity index (χ1n) is 9.73. The van der Waals surface area contributed by atoms with Crippen LogP contribution in [-0.2, 0) is 11.3 Å². The lowest BCUT2D eigenvalue weighted by Crippen LogP contribution is -2.43. The van der Waals surface area contributed by atoms with Crippen molar-refractivity contribution in [3.8, 4) is 0 Å². The van der Waals surface area contributed by atoms with Crippen molar-refractivity contribution in [2.24, 2.45) is 10.4 Å². The van der Waals surface area contributed by atoms with Crippen LogP contribution >= 0.6 is 24.0 Å². The van der Waals surface area contributed by atoms with Gasteiger partial charge in [0.1, 0.15) is 5.82 Å². The molecule has 1 fully saturated rings. The Morgan fingerprint density at radius 1 is 1.30 bits per heavy atom. The largest absolute Gasteiger partial charge is 0.382 e. The van der Waals surface area contributed by atoms with Crippen LogP contribution in [0.1, 0.15) is 44.6 Å². The first kappa shape index (κ1) is 23.9. The smallest absolute Gasteiger partial charge is 0.191 e. The molecule has 1 aromatic rings. The molecule has 0 radical (unpaired) electrons. The molecule has 0 saturated heterocycles. The minimum absolute atomic E-state index is 0. The fourth-order valence-corrected chi connectivity index (χ4v) is 3.57. The summed E-state index contributed by atoms with van der Waals surface area (Å²) < 4.78 is 5.61. The maximum atomic E-state index is 5.61. The van der Waals surface area contributed by atoms with E-state index in [-0.39, 0.29) is 24.0 Å². The Hall–Kier alpha value is -1.09. The Balaban J connectivity index is 0.00000364. The summed E-state index contributed by atoms with van der Waals surface area (Å²) in [7, 11) is 5.83. The second-order valence-electron chi connectivity index (χ2n) is 7.35. The van der Waals surface area contributed by atoms with Gasteiger partial charge in [0.05, 0.1) is 0 Å². The lowest BCUT2D eigenvalue weighted by atomic mass is 9.83. The normalized spacial score (nSPS) is 15.9. The fraction of sp³-hybridized carbons (Fsp3) is 0.700. The van der Waals surface area contributed by atoms with E-state index in [0.717, 1.165) is 44.5 Å². The van der Waals surface area contributed by atoms with Gasteiger partial charge in [-0.3, -0.25) is 4.99 Å². The van der Waals surface area contributed by atoms with Crippen LogP contribution in [0.2, 0.25) is 0 Å². The van der Waals surface area contributed by atoms with E-state index in [0.29, 0.717) is 5.41 Å². The minimum Gasteiger partial charge on any atom is -0.382 e. The molecule has 0 atom stereocenters. The number of pyridine rings is 1. The molecule has 1 aliphatic carbocycles. The van der Waals surface area contributed by atoms with Gasteiger partial charge in [0.2, 0.25) is 0 Å². The van der Waals surface area contributed by atoms with Crippen LogP contribution in [0, 0.1) is 5.41 Å². The van der Waals surface area contributed by atoms with Gasteiger partial charge in [0.25, 0.3) is 0 Å². The van der Waals surface area contributed by atoms with Crippen molar-refractivity contribution >= 4 is 35.8 Å². The summed E-state index contributed by atoms with van der Waals surface area (Å²) in [6, 6.07) is 4.13. The molecule has 0 bridgehead atoms. The molecule has 2 rings (SSSR count). The molecule has 27 heavy (non-hydrogen) atoms. The number of ether oxygens (including phenoxy) is 1. The highest BCUT2D eigenvalue weighted by molar-refractivity contribution is 14.0. The van der Waals surface area contributed by atoms with Gasteiger partial charge in [0, 0.05) is 53.6 Å². The summed E-state index contributed by atoms with van der Waals surface area (Å²) in [5.74, 6) is 1.82. The molecule has 1 aromatic heterocycles. The molecule has 154 valence electrons. The van der Waals surface area contributed by atoms with Crippen molar-refractivity contribution < 1.29 is 4.74 Å². The van der Waals surface area contributed by atoms with E-state index in [1.807, 2.05) is 38.3 Å². The molecule has 1 saturated carbocycles.